The molecule has 0 saturated carbocycles. The minimum Gasteiger partial charge on any atom is -0.464 e. The van der Waals surface area contributed by atoms with Gasteiger partial charge in [0.25, 0.3) is 0 Å². The number of aryl methyl sites for hydroxylation is 1. The molecule has 1 radical (unpaired) electrons. The predicted octanol–water partition coefficient (Wildman–Crippen LogP) is 4.00. The summed E-state index contributed by atoms with van der Waals surface area (Å²) < 4.78 is 16.2. The first kappa shape index (κ1) is 16.1. The molecule has 2 aromatic carbocycles. The molecular weight excluding hydrogens is 379 g/mol. The van der Waals surface area contributed by atoms with Crippen LogP contribution in [0.1, 0.15) is 0 Å². The number of hydrogen-bond donors (Lipinski definition) is 1. The van der Waals surface area contributed by atoms with Crippen LogP contribution in [0.4, 0.5) is 20.7 Å². The maximum Gasteiger partial charge on any atom is 0.417 e. The highest BCUT2D eigenvalue weighted by Gasteiger charge is 2.27. The molecule has 0 atom stereocenters. The minimum absolute atomic E-state index is 0.137. The molecule has 0 aliphatic heterocycles. The van der Waals surface area contributed by atoms with Gasteiger partial charge in [-0.25, -0.2) is 18.8 Å². The number of carbonyl (C=O) groups is 1. The van der Waals surface area contributed by atoms with Crippen LogP contribution in [0.5, 0.6) is 0 Å². The van der Waals surface area contributed by atoms with Gasteiger partial charge in [-0.3, -0.25) is 0 Å². The molecule has 0 bridgehead atoms. The minimum atomic E-state index is -1.23. The Morgan fingerprint density at radius 3 is 2.67 bits per heavy atom. The Balaban J connectivity index is 2.21. The normalized spacial score (nSPS) is 10.6. The molecule has 0 unspecified atom stereocenters. The van der Waals surface area contributed by atoms with Crippen LogP contribution in [0.25, 0.3) is 11.3 Å². The number of amides is 1. The second-order valence-corrected chi connectivity index (χ2v) is 5.80. The van der Waals surface area contributed by atoms with Gasteiger partial charge < -0.3 is 5.11 Å². The lowest BCUT2D eigenvalue weighted by molar-refractivity contribution is 0.204. The van der Waals surface area contributed by atoms with Gasteiger partial charge in [-0.1, -0.05) is 33.3 Å². The lowest BCUT2D eigenvalue weighted by Gasteiger charge is -2.20. The van der Waals surface area contributed by atoms with Gasteiger partial charge in [-0.2, -0.15) is 0 Å². The molecule has 24 heavy (non-hydrogen) atoms. The van der Waals surface area contributed by atoms with Crippen LogP contribution in [0.15, 0.2) is 46.9 Å². The highest BCUT2D eigenvalue weighted by Crippen LogP contribution is 2.35. The van der Waals surface area contributed by atoms with Gasteiger partial charge in [0, 0.05) is 17.1 Å². The summed E-state index contributed by atoms with van der Waals surface area (Å²) in [4.78, 5) is 12.8. The van der Waals surface area contributed by atoms with Crippen LogP contribution in [0.2, 0.25) is 0 Å². The fourth-order valence-electron chi connectivity index (χ4n) is 2.31. The SMILES string of the molecule is Cn1nnc(-c2ccc(Br)cc2F)c1N(C(=O)O)c1cc[c]cc1. The fourth-order valence-corrected chi connectivity index (χ4v) is 2.64. The summed E-state index contributed by atoms with van der Waals surface area (Å²) >= 11 is 3.19. The van der Waals surface area contributed by atoms with Crippen LogP contribution in [0, 0.1) is 11.9 Å². The smallest absolute Gasteiger partial charge is 0.417 e. The Kier molecular flexibility index (Phi) is 4.30. The number of hydrogen-bond acceptors (Lipinski definition) is 3. The highest BCUT2D eigenvalue weighted by atomic mass is 79.9. The average molecular weight is 390 g/mol. The van der Waals surface area contributed by atoms with Crippen LogP contribution in [-0.4, -0.2) is 26.2 Å². The van der Waals surface area contributed by atoms with Crippen molar-refractivity contribution in [3.05, 3.63) is 58.8 Å². The summed E-state index contributed by atoms with van der Waals surface area (Å²) in [5.74, 6) is -0.382. The van der Waals surface area contributed by atoms with E-state index in [1.54, 1.807) is 37.4 Å². The first-order chi connectivity index (χ1) is 11.5. The summed E-state index contributed by atoms with van der Waals surface area (Å²) in [7, 11) is 1.55. The second kappa shape index (κ2) is 6.40. The van der Waals surface area contributed by atoms with Crippen LogP contribution >= 0.6 is 15.9 Å². The van der Waals surface area contributed by atoms with Crippen molar-refractivity contribution in [1.29, 1.82) is 0 Å². The summed E-state index contributed by atoms with van der Waals surface area (Å²) in [5, 5.41) is 17.5. The second-order valence-electron chi connectivity index (χ2n) is 4.89. The van der Waals surface area contributed by atoms with E-state index in [1.165, 1.54) is 16.8 Å². The zero-order chi connectivity index (χ0) is 17.3. The Morgan fingerprint density at radius 2 is 2.04 bits per heavy atom. The van der Waals surface area contributed by atoms with Crippen molar-refractivity contribution in [1.82, 2.24) is 15.0 Å². The summed E-state index contributed by atoms with van der Waals surface area (Å²) in [6.45, 7) is 0. The van der Waals surface area contributed by atoms with Gasteiger partial charge in [0.15, 0.2) is 5.82 Å². The lowest BCUT2D eigenvalue weighted by Crippen LogP contribution is -2.26. The van der Waals surface area contributed by atoms with Crippen molar-refractivity contribution in [3.8, 4) is 11.3 Å². The van der Waals surface area contributed by atoms with E-state index < -0.39 is 11.9 Å². The molecule has 1 heterocycles. The zero-order valence-electron chi connectivity index (χ0n) is 12.4. The third-order valence-electron chi connectivity index (χ3n) is 3.35. The molecule has 3 aromatic rings. The number of rotatable bonds is 3. The van der Waals surface area contributed by atoms with E-state index in [0.717, 1.165) is 4.90 Å². The Labute approximate surface area is 145 Å². The highest BCUT2D eigenvalue weighted by molar-refractivity contribution is 9.10. The number of anilines is 2. The van der Waals surface area contributed by atoms with Crippen LogP contribution < -0.4 is 4.90 Å². The number of aromatic nitrogens is 3. The van der Waals surface area contributed by atoms with Gasteiger partial charge >= 0.3 is 6.09 Å². The van der Waals surface area contributed by atoms with E-state index in [-0.39, 0.29) is 17.1 Å². The quantitative estimate of drug-likeness (QED) is 0.734. The molecule has 0 aliphatic rings. The predicted molar refractivity (Wildman–Crippen MR) is 89.5 cm³/mol. The lowest BCUT2D eigenvalue weighted by atomic mass is 10.1. The van der Waals surface area contributed by atoms with Crippen LogP contribution in [0.3, 0.4) is 0 Å². The molecule has 8 heteroatoms. The monoisotopic (exact) mass is 389 g/mol. The Hall–Kier alpha value is -2.74. The molecule has 6 nitrogen and oxygen atoms in total. The van der Waals surface area contributed by atoms with Crippen molar-refractivity contribution in [2.24, 2.45) is 7.05 Å². The standard InChI is InChI=1S/C16H11BrFN4O2/c1-21-15(22(16(23)24)11-5-3-2-4-6-11)14(19-20-21)12-8-7-10(17)9-13(12)18/h3-9H,1H3,(H,23,24). The van der Waals surface area contributed by atoms with Crippen molar-refractivity contribution in [2.45, 2.75) is 0 Å². The molecule has 1 amide bonds. The van der Waals surface area contributed by atoms with E-state index in [4.69, 9.17) is 0 Å². The van der Waals surface area contributed by atoms with Gasteiger partial charge in [0.05, 0.1) is 5.69 Å². The fraction of sp³-hybridized carbons (Fsp3) is 0.0625. The molecule has 0 saturated heterocycles. The number of nitrogens with zero attached hydrogens (tertiary/aromatic N) is 4. The first-order valence-corrected chi connectivity index (χ1v) is 7.62. The maximum atomic E-state index is 14.3. The van der Waals surface area contributed by atoms with Crippen molar-refractivity contribution in [3.63, 3.8) is 0 Å². The zero-order valence-corrected chi connectivity index (χ0v) is 14.0. The molecule has 1 N–H and O–H groups in total. The Morgan fingerprint density at radius 1 is 1.33 bits per heavy atom. The van der Waals surface area contributed by atoms with Gasteiger partial charge in [0.1, 0.15) is 11.5 Å². The molecule has 0 spiro atoms. The van der Waals surface area contributed by atoms with E-state index in [2.05, 4.69) is 32.3 Å². The van der Waals surface area contributed by atoms with E-state index in [0.29, 0.717) is 10.2 Å². The van der Waals surface area contributed by atoms with Gasteiger partial charge in [-0.05, 0) is 36.4 Å². The number of benzene rings is 2. The van der Waals surface area contributed by atoms with E-state index in [1.807, 2.05) is 0 Å². The molecule has 1 aromatic heterocycles. The van der Waals surface area contributed by atoms with Gasteiger partial charge in [0.2, 0.25) is 0 Å². The number of halogens is 2. The van der Waals surface area contributed by atoms with E-state index in [9.17, 15) is 14.3 Å². The number of carboxylic acid groups (broad SMARTS) is 1. The summed E-state index contributed by atoms with van der Waals surface area (Å²) in [5.41, 5.74) is 0.679. The summed E-state index contributed by atoms with van der Waals surface area (Å²) in [6.07, 6.45) is -1.23. The van der Waals surface area contributed by atoms with Crippen molar-refractivity contribution in [2.75, 3.05) is 4.90 Å². The third kappa shape index (κ3) is 2.88. The molecule has 0 aliphatic carbocycles. The molecule has 3 rings (SSSR count). The van der Waals surface area contributed by atoms with Crippen LogP contribution in [-0.2, 0) is 7.05 Å². The van der Waals surface area contributed by atoms with Gasteiger partial charge in [-0.15, -0.1) is 5.10 Å². The van der Waals surface area contributed by atoms with E-state index >= 15 is 0 Å². The maximum absolute atomic E-state index is 14.3. The molecular formula is C16H11BrFN4O2. The largest absolute Gasteiger partial charge is 0.464 e. The molecule has 0 fully saturated rings. The topological polar surface area (TPSA) is 71.2 Å². The summed E-state index contributed by atoms with van der Waals surface area (Å²) in [6, 6.07) is 13.6. The molecule has 121 valence electrons. The average Bonchev–Trinajstić information content (AvgIpc) is 2.90. The van der Waals surface area contributed by atoms with Crippen molar-refractivity contribution >= 4 is 33.5 Å². The third-order valence-corrected chi connectivity index (χ3v) is 3.84. The Bertz CT molecular complexity index is 898. The van der Waals surface area contributed by atoms with Crippen molar-refractivity contribution < 1.29 is 14.3 Å². The first-order valence-electron chi connectivity index (χ1n) is 6.83.